The molecule has 0 spiro atoms. The standard InChI is InChI=1S/C22H20IN5S/c1-2-3-4-5-11-18-25-19-21(24-14-15-8-6-9-16(23)13-15)27-20(28-22(19)26-18)17-10-7-12-29-17/h6-10,12-13H,2-4,14H2,1H3,(H2,24,25,26,27,28). The van der Waals surface area contributed by atoms with Gasteiger partial charge in [0.15, 0.2) is 28.6 Å². The first kappa shape index (κ1) is 19.9. The number of hydrogen-bond donors (Lipinski definition) is 2. The molecule has 29 heavy (non-hydrogen) atoms. The summed E-state index contributed by atoms with van der Waals surface area (Å²) in [5.41, 5.74) is 2.61. The second-order valence-corrected chi connectivity index (χ2v) is 8.74. The van der Waals surface area contributed by atoms with Crippen LogP contribution in [0.2, 0.25) is 0 Å². The van der Waals surface area contributed by atoms with E-state index in [1.165, 1.54) is 9.13 Å². The Morgan fingerprint density at radius 1 is 1.17 bits per heavy atom. The Kier molecular flexibility index (Phi) is 6.42. The van der Waals surface area contributed by atoms with E-state index in [1.54, 1.807) is 11.3 Å². The van der Waals surface area contributed by atoms with Crippen molar-refractivity contribution in [3.8, 4) is 22.5 Å². The van der Waals surface area contributed by atoms with Gasteiger partial charge in [-0.2, -0.15) is 0 Å². The second kappa shape index (κ2) is 9.37. The number of halogens is 1. The molecule has 3 heterocycles. The number of nitrogens with one attached hydrogen (secondary N) is 2. The van der Waals surface area contributed by atoms with Crippen LogP contribution in [0.15, 0.2) is 41.8 Å². The van der Waals surface area contributed by atoms with Crippen LogP contribution in [0.25, 0.3) is 21.9 Å². The van der Waals surface area contributed by atoms with Crippen molar-refractivity contribution in [3.63, 3.8) is 0 Å². The van der Waals surface area contributed by atoms with E-state index in [4.69, 9.17) is 4.98 Å². The molecule has 0 bridgehead atoms. The largest absolute Gasteiger partial charge is 0.364 e. The molecule has 4 aromatic rings. The summed E-state index contributed by atoms with van der Waals surface area (Å²) in [6, 6.07) is 12.4. The van der Waals surface area contributed by atoms with Crippen LogP contribution in [-0.4, -0.2) is 19.9 Å². The molecule has 0 amide bonds. The van der Waals surface area contributed by atoms with Crippen molar-refractivity contribution in [2.75, 3.05) is 5.32 Å². The number of aromatic nitrogens is 4. The molecule has 0 aliphatic carbocycles. The average Bonchev–Trinajstić information content (AvgIpc) is 3.39. The lowest BCUT2D eigenvalue weighted by Crippen LogP contribution is -2.04. The first-order valence-corrected chi connectivity index (χ1v) is 11.5. The molecule has 0 radical (unpaired) electrons. The smallest absolute Gasteiger partial charge is 0.185 e. The Morgan fingerprint density at radius 3 is 2.90 bits per heavy atom. The van der Waals surface area contributed by atoms with Gasteiger partial charge < -0.3 is 10.3 Å². The predicted molar refractivity (Wildman–Crippen MR) is 128 cm³/mol. The molecule has 4 rings (SSSR count). The van der Waals surface area contributed by atoms with Gasteiger partial charge in [-0.15, -0.1) is 11.3 Å². The molecule has 7 heteroatoms. The summed E-state index contributed by atoms with van der Waals surface area (Å²) in [6.45, 7) is 2.83. The first-order valence-electron chi connectivity index (χ1n) is 9.51. The van der Waals surface area contributed by atoms with Gasteiger partial charge in [0.05, 0.1) is 4.88 Å². The maximum absolute atomic E-state index is 4.76. The van der Waals surface area contributed by atoms with Gasteiger partial charge in [0.25, 0.3) is 0 Å². The molecule has 0 unspecified atom stereocenters. The third-order valence-corrected chi connectivity index (χ3v) is 5.83. The molecular weight excluding hydrogens is 493 g/mol. The lowest BCUT2D eigenvalue weighted by molar-refractivity contribution is 0.828. The van der Waals surface area contributed by atoms with E-state index >= 15 is 0 Å². The second-order valence-electron chi connectivity index (χ2n) is 6.54. The van der Waals surface area contributed by atoms with Gasteiger partial charge in [0.2, 0.25) is 0 Å². The molecular formula is C22H20IN5S. The molecule has 146 valence electrons. The number of imidazole rings is 1. The highest BCUT2D eigenvalue weighted by atomic mass is 127. The highest BCUT2D eigenvalue weighted by molar-refractivity contribution is 14.1. The molecule has 0 saturated carbocycles. The third-order valence-electron chi connectivity index (χ3n) is 4.30. The summed E-state index contributed by atoms with van der Waals surface area (Å²) in [6.07, 6.45) is 3.10. The first-order chi connectivity index (χ1) is 14.2. The van der Waals surface area contributed by atoms with E-state index in [1.807, 2.05) is 17.5 Å². The van der Waals surface area contributed by atoms with E-state index < -0.39 is 0 Å². The van der Waals surface area contributed by atoms with Gasteiger partial charge in [-0.3, -0.25) is 0 Å². The summed E-state index contributed by atoms with van der Waals surface area (Å²) in [7, 11) is 0. The van der Waals surface area contributed by atoms with Crippen molar-refractivity contribution in [1.29, 1.82) is 0 Å². The summed E-state index contributed by atoms with van der Waals surface area (Å²) in [5, 5.41) is 5.47. The van der Waals surface area contributed by atoms with Crippen LogP contribution in [0, 0.1) is 15.4 Å². The molecule has 1 aromatic carbocycles. The van der Waals surface area contributed by atoms with Crippen LogP contribution >= 0.6 is 33.9 Å². The number of hydrogen-bond acceptors (Lipinski definition) is 5. The Balaban J connectivity index is 1.69. The monoisotopic (exact) mass is 513 g/mol. The van der Waals surface area contributed by atoms with E-state index in [2.05, 4.69) is 85.9 Å². The fourth-order valence-corrected chi connectivity index (χ4v) is 4.11. The van der Waals surface area contributed by atoms with Gasteiger partial charge in [0.1, 0.15) is 0 Å². The number of benzene rings is 1. The molecule has 0 aliphatic heterocycles. The maximum Gasteiger partial charge on any atom is 0.185 e. The van der Waals surface area contributed by atoms with Crippen LogP contribution < -0.4 is 5.32 Å². The predicted octanol–water partition coefficient (Wildman–Crippen LogP) is 5.84. The number of aromatic amines is 1. The minimum Gasteiger partial charge on any atom is -0.364 e. The molecule has 5 nitrogen and oxygen atoms in total. The van der Waals surface area contributed by atoms with E-state index in [0.717, 1.165) is 35.5 Å². The van der Waals surface area contributed by atoms with Crippen molar-refractivity contribution in [2.24, 2.45) is 0 Å². The van der Waals surface area contributed by atoms with Crippen LogP contribution in [0.3, 0.4) is 0 Å². The van der Waals surface area contributed by atoms with E-state index in [-0.39, 0.29) is 0 Å². The number of rotatable bonds is 6. The lowest BCUT2D eigenvalue weighted by atomic mass is 10.2. The number of nitrogens with zero attached hydrogens (tertiary/aromatic N) is 3. The van der Waals surface area contributed by atoms with Gasteiger partial charge >= 0.3 is 0 Å². The lowest BCUT2D eigenvalue weighted by Gasteiger charge is -2.08. The Morgan fingerprint density at radius 2 is 2.10 bits per heavy atom. The van der Waals surface area contributed by atoms with Crippen molar-refractivity contribution in [2.45, 2.75) is 32.7 Å². The molecule has 2 N–H and O–H groups in total. The molecule has 0 saturated heterocycles. The number of unbranched alkanes of at least 4 members (excludes halogenated alkanes) is 2. The van der Waals surface area contributed by atoms with Gasteiger partial charge in [0, 0.05) is 16.5 Å². The minimum atomic E-state index is 0.631. The number of anilines is 1. The van der Waals surface area contributed by atoms with E-state index in [0.29, 0.717) is 23.8 Å². The fraction of sp³-hybridized carbons (Fsp3) is 0.227. The number of H-pyrrole nitrogens is 1. The third kappa shape index (κ3) is 4.95. The van der Waals surface area contributed by atoms with Crippen molar-refractivity contribution in [1.82, 2.24) is 19.9 Å². The van der Waals surface area contributed by atoms with Gasteiger partial charge in [-0.25, -0.2) is 15.0 Å². The maximum atomic E-state index is 4.76. The minimum absolute atomic E-state index is 0.631. The highest BCUT2D eigenvalue weighted by Gasteiger charge is 2.14. The zero-order valence-electron chi connectivity index (χ0n) is 16.0. The Bertz CT molecular complexity index is 1170. The van der Waals surface area contributed by atoms with E-state index in [9.17, 15) is 0 Å². The number of thiophene rings is 1. The molecule has 0 fully saturated rings. The molecule has 3 aromatic heterocycles. The SMILES string of the molecule is CCCCC#Cc1nc2c(NCc3cccc(I)c3)nc(-c3cccs3)nc2[nH]1. The van der Waals surface area contributed by atoms with Gasteiger partial charge in [-0.05, 0) is 64.1 Å². The Hall–Kier alpha value is -2.44. The summed E-state index contributed by atoms with van der Waals surface area (Å²) in [5.74, 6) is 8.33. The van der Waals surface area contributed by atoms with Crippen LogP contribution in [0.1, 0.15) is 37.6 Å². The highest BCUT2D eigenvalue weighted by Crippen LogP contribution is 2.26. The molecule has 0 aliphatic rings. The topological polar surface area (TPSA) is 66.5 Å². The number of fused-ring (bicyclic) bond motifs is 1. The van der Waals surface area contributed by atoms with Gasteiger partial charge in [-0.1, -0.05) is 37.5 Å². The quantitative estimate of drug-likeness (QED) is 0.193. The molecule has 0 atom stereocenters. The summed E-state index contributed by atoms with van der Waals surface area (Å²) < 4.78 is 1.21. The zero-order chi connectivity index (χ0) is 20.1. The summed E-state index contributed by atoms with van der Waals surface area (Å²) in [4.78, 5) is 18.4. The average molecular weight is 513 g/mol. The van der Waals surface area contributed by atoms with Crippen LogP contribution in [0.4, 0.5) is 5.82 Å². The van der Waals surface area contributed by atoms with Crippen molar-refractivity contribution < 1.29 is 0 Å². The van der Waals surface area contributed by atoms with Crippen molar-refractivity contribution in [3.05, 3.63) is 56.7 Å². The fourth-order valence-electron chi connectivity index (χ4n) is 2.84. The summed E-state index contributed by atoms with van der Waals surface area (Å²) >= 11 is 3.94. The van der Waals surface area contributed by atoms with Crippen LogP contribution in [-0.2, 0) is 6.54 Å². The normalized spacial score (nSPS) is 10.7. The van der Waals surface area contributed by atoms with Crippen molar-refractivity contribution >= 4 is 50.9 Å². The zero-order valence-corrected chi connectivity index (χ0v) is 19.0. The van der Waals surface area contributed by atoms with Crippen LogP contribution in [0.5, 0.6) is 0 Å². The Labute approximate surface area is 187 Å².